The van der Waals surface area contributed by atoms with E-state index in [0.29, 0.717) is 12.8 Å². The molecule has 1 spiro atoms. The number of nitriles is 1. The van der Waals surface area contributed by atoms with Crippen LogP contribution in [-0.2, 0) is 9.59 Å². The molecule has 4 nitrogen and oxygen atoms in total. The van der Waals surface area contributed by atoms with Crippen LogP contribution in [0.2, 0.25) is 0 Å². The van der Waals surface area contributed by atoms with Gasteiger partial charge in [0, 0.05) is 0 Å². The molecule has 0 aromatic carbocycles. The van der Waals surface area contributed by atoms with Crippen molar-refractivity contribution >= 4 is 11.6 Å². The predicted octanol–water partition coefficient (Wildman–Crippen LogP) is 1.91. The smallest absolute Gasteiger partial charge is 0.288 e. The molecule has 0 N–H and O–H groups in total. The normalized spacial score (nSPS) is 31.9. The standard InChI is InChI=1S/C13H14N2O2/c1-15-12-11(17)7-10(16)9(8-14)13(12)5-3-2-4-6-13/h9,12H,2-7H2. The lowest BCUT2D eigenvalue weighted by molar-refractivity contribution is -0.139. The summed E-state index contributed by atoms with van der Waals surface area (Å²) >= 11 is 0. The summed E-state index contributed by atoms with van der Waals surface area (Å²) in [5.74, 6) is -1.31. The van der Waals surface area contributed by atoms with E-state index in [1.54, 1.807) is 0 Å². The molecule has 4 heteroatoms. The van der Waals surface area contributed by atoms with Gasteiger partial charge in [-0.05, 0) is 12.8 Å². The lowest BCUT2D eigenvalue weighted by Crippen LogP contribution is -2.53. The van der Waals surface area contributed by atoms with Crippen LogP contribution in [0.5, 0.6) is 0 Å². The van der Waals surface area contributed by atoms with Gasteiger partial charge in [0.2, 0.25) is 5.78 Å². The number of carbonyl (C=O) groups excluding carboxylic acids is 2. The Balaban J connectivity index is 2.46. The first kappa shape index (κ1) is 11.8. The molecule has 0 bridgehead atoms. The first-order valence-corrected chi connectivity index (χ1v) is 5.97. The number of Topliss-reactive ketones (excluding diaryl/α,β-unsaturated/α-hetero) is 2. The van der Waals surface area contributed by atoms with Gasteiger partial charge in [0.1, 0.15) is 5.92 Å². The Morgan fingerprint density at radius 2 is 1.88 bits per heavy atom. The molecule has 0 saturated heterocycles. The quantitative estimate of drug-likeness (QED) is 0.471. The molecule has 0 radical (unpaired) electrons. The van der Waals surface area contributed by atoms with Crippen molar-refractivity contribution in [3.05, 3.63) is 11.4 Å². The molecule has 2 rings (SSSR count). The van der Waals surface area contributed by atoms with Crippen LogP contribution in [0.25, 0.3) is 4.85 Å². The highest BCUT2D eigenvalue weighted by Crippen LogP contribution is 2.50. The minimum atomic E-state index is -0.773. The number of rotatable bonds is 0. The molecular formula is C13H14N2O2. The van der Waals surface area contributed by atoms with Crippen LogP contribution in [0.4, 0.5) is 0 Å². The fourth-order valence-corrected chi connectivity index (χ4v) is 3.34. The summed E-state index contributed by atoms with van der Waals surface area (Å²) in [6.45, 7) is 7.20. The molecule has 88 valence electrons. The third-order valence-electron chi connectivity index (χ3n) is 4.14. The van der Waals surface area contributed by atoms with Crippen molar-refractivity contribution in [2.75, 3.05) is 0 Å². The van der Waals surface area contributed by atoms with E-state index in [9.17, 15) is 14.9 Å². The van der Waals surface area contributed by atoms with E-state index in [1.165, 1.54) is 0 Å². The van der Waals surface area contributed by atoms with Gasteiger partial charge in [-0.15, -0.1) is 0 Å². The van der Waals surface area contributed by atoms with Crippen molar-refractivity contribution in [3.8, 4) is 6.07 Å². The van der Waals surface area contributed by atoms with E-state index < -0.39 is 17.4 Å². The van der Waals surface area contributed by atoms with Gasteiger partial charge in [-0.1, -0.05) is 19.3 Å². The summed E-state index contributed by atoms with van der Waals surface area (Å²) < 4.78 is 0. The molecule has 2 fully saturated rings. The summed E-state index contributed by atoms with van der Waals surface area (Å²) in [5.41, 5.74) is -0.679. The largest absolute Gasteiger partial charge is 0.305 e. The minimum Gasteiger partial charge on any atom is -0.305 e. The Kier molecular flexibility index (Phi) is 2.98. The SMILES string of the molecule is [C-]#[N+]C1C(=O)CC(=O)C(C#N)C12CCCCC2. The molecule has 0 amide bonds. The minimum absolute atomic E-state index is 0.229. The number of hydrogen-bond acceptors (Lipinski definition) is 3. The Bertz CT molecular complexity index is 401. The lowest BCUT2D eigenvalue weighted by atomic mass is 9.56. The van der Waals surface area contributed by atoms with Gasteiger partial charge in [0.05, 0.1) is 17.9 Å². The highest BCUT2D eigenvalue weighted by atomic mass is 16.2. The molecule has 0 heterocycles. The lowest BCUT2D eigenvalue weighted by Gasteiger charge is -2.41. The van der Waals surface area contributed by atoms with Gasteiger partial charge in [0.25, 0.3) is 6.04 Å². The maximum atomic E-state index is 11.8. The van der Waals surface area contributed by atoms with E-state index >= 15 is 0 Å². The van der Waals surface area contributed by atoms with Crippen LogP contribution in [0.1, 0.15) is 38.5 Å². The molecule has 0 aliphatic heterocycles. The zero-order chi connectivity index (χ0) is 12.5. The number of hydrogen-bond donors (Lipinski definition) is 0. The van der Waals surface area contributed by atoms with Crippen LogP contribution in [-0.4, -0.2) is 17.6 Å². The van der Waals surface area contributed by atoms with Crippen LogP contribution < -0.4 is 0 Å². The van der Waals surface area contributed by atoms with Gasteiger partial charge in [-0.2, -0.15) is 5.26 Å². The molecule has 17 heavy (non-hydrogen) atoms. The number of carbonyl (C=O) groups is 2. The molecular weight excluding hydrogens is 216 g/mol. The Morgan fingerprint density at radius 3 is 2.41 bits per heavy atom. The highest BCUT2D eigenvalue weighted by molar-refractivity contribution is 6.07. The number of nitrogens with zero attached hydrogens (tertiary/aromatic N) is 2. The summed E-state index contributed by atoms with van der Waals surface area (Å²) in [4.78, 5) is 27.1. The summed E-state index contributed by atoms with van der Waals surface area (Å²) in [6.07, 6.45) is 3.97. The molecule has 2 aliphatic carbocycles. The summed E-state index contributed by atoms with van der Waals surface area (Å²) in [7, 11) is 0. The van der Waals surface area contributed by atoms with Crippen molar-refractivity contribution in [3.63, 3.8) is 0 Å². The van der Waals surface area contributed by atoms with Crippen LogP contribution in [0.15, 0.2) is 0 Å². The van der Waals surface area contributed by atoms with E-state index in [4.69, 9.17) is 6.57 Å². The maximum absolute atomic E-state index is 11.8. The van der Waals surface area contributed by atoms with Gasteiger partial charge < -0.3 is 4.85 Å². The molecule has 0 aromatic rings. The fraction of sp³-hybridized carbons (Fsp3) is 0.692. The first-order chi connectivity index (χ1) is 8.15. The van der Waals surface area contributed by atoms with Crippen molar-refractivity contribution in [1.82, 2.24) is 0 Å². The molecule has 2 saturated carbocycles. The average molecular weight is 230 g/mol. The third kappa shape index (κ3) is 1.65. The number of ketones is 2. The molecule has 0 aromatic heterocycles. The van der Waals surface area contributed by atoms with Crippen LogP contribution in [0.3, 0.4) is 0 Å². The summed E-state index contributed by atoms with van der Waals surface area (Å²) in [6, 6.07) is 1.28. The van der Waals surface area contributed by atoms with E-state index in [0.717, 1.165) is 19.3 Å². The van der Waals surface area contributed by atoms with Crippen molar-refractivity contribution in [2.45, 2.75) is 44.6 Å². The molecule has 2 aliphatic rings. The zero-order valence-corrected chi connectivity index (χ0v) is 9.61. The van der Waals surface area contributed by atoms with Gasteiger partial charge in [-0.3, -0.25) is 9.59 Å². The maximum Gasteiger partial charge on any atom is 0.288 e. The van der Waals surface area contributed by atoms with Crippen LogP contribution in [0, 0.1) is 29.2 Å². The second-order valence-corrected chi connectivity index (χ2v) is 5.00. The summed E-state index contributed by atoms with van der Waals surface area (Å²) in [5, 5.41) is 9.19. The second kappa shape index (κ2) is 4.30. The first-order valence-electron chi connectivity index (χ1n) is 5.97. The second-order valence-electron chi connectivity index (χ2n) is 5.00. The monoisotopic (exact) mass is 230 g/mol. The zero-order valence-electron chi connectivity index (χ0n) is 9.61. The molecule has 2 unspecified atom stereocenters. The highest BCUT2D eigenvalue weighted by Gasteiger charge is 2.59. The van der Waals surface area contributed by atoms with Gasteiger partial charge in [0.15, 0.2) is 5.78 Å². The van der Waals surface area contributed by atoms with Crippen molar-refractivity contribution in [2.24, 2.45) is 11.3 Å². The van der Waals surface area contributed by atoms with Crippen LogP contribution >= 0.6 is 0 Å². The van der Waals surface area contributed by atoms with E-state index in [1.807, 2.05) is 0 Å². The van der Waals surface area contributed by atoms with E-state index in [2.05, 4.69) is 10.9 Å². The van der Waals surface area contributed by atoms with Crippen molar-refractivity contribution < 1.29 is 9.59 Å². The van der Waals surface area contributed by atoms with E-state index in [-0.39, 0.29) is 18.0 Å². The molecule has 2 atom stereocenters. The van der Waals surface area contributed by atoms with Crippen molar-refractivity contribution in [1.29, 1.82) is 5.26 Å². The van der Waals surface area contributed by atoms with Gasteiger partial charge >= 0.3 is 0 Å². The Hall–Kier alpha value is -1.68. The topological polar surface area (TPSA) is 62.3 Å². The third-order valence-corrected chi connectivity index (χ3v) is 4.14. The Morgan fingerprint density at radius 1 is 1.24 bits per heavy atom. The fourth-order valence-electron chi connectivity index (χ4n) is 3.34. The average Bonchev–Trinajstić information content (AvgIpc) is 2.30. The predicted molar refractivity (Wildman–Crippen MR) is 59.6 cm³/mol. The Labute approximate surface area is 100 Å². The van der Waals surface area contributed by atoms with Gasteiger partial charge in [-0.25, -0.2) is 6.57 Å².